The van der Waals surface area contributed by atoms with E-state index < -0.39 is 22.0 Å². The molecule has 1 aromatic rings. The molecule has 2 atom stereocenters. The maximum Gasteiger partial charge on any atom is 0.330 e. The Hall–Kier alpha value is -1.57. The fourth-order valence-electron chi connectivity index (χ4n) is 1.67. The van der Waals surface area contributed by atoms with Crippen LogP contribution in [-0.2, 0) is 17.3 Å². The maximum absolute atomic E-state index is 11.8. The largest absolute Gasteiger partial charge is 0.383 e. The van der Waals surface area contributed by atoms with E-state index in [-0.39, 0.29) is 22.7 Å². The summed E-state index contributed by atoms with van der Waals surface area (Å²) in [7, 11) is -1.00. The van der Waals surface area contributed by atoms with E-state index in [0.29, 0.717) is 13.1 Å². The lowest BCUT2D eigenvalue weighted by Gasteiger charge is -2.16. The molecule has 0 aromatic carbocycles. The number of nitrogens with two attached hydrogens (primary N) is 1. The Kier molecular flexibility index (Phi) is 5.55. The summed E-state index contributed by atoms with van der Waals surface area (Å²) in [6.07, 6.45) is 1.60. The second-order valence-electron chi connectivity index (χ2n) is 5.21. The van der Waals surface area contributed by atoms with E-state index in [9.17, 15) is 13.8 Å². The Labute approximate surface area is 120 Å². The molecule has 0 saturated carbocycles. The molecule has 1 aromatic heterocycles. The first-order valence-corrected chi connectivity index (χ1v) is 8.04. The molecule has 1 heterocycles. The molecule has 0 saturated heterocycles. The number of aromatic amines is 1. The van der Waals surface area contributed by atoms with Crippen molar-refractivity contribution in [2.75, 3.05) is 23.9 Å². The van der Waals surface area contributed by atoms with Gasteiger partial charge in [0.1, 0.15) is 11.5 Å². The minimum atomic E-state index is -1.00. The molecule has 0 bridgehead atoms. The van der Waals surface area contributed by atoms with Crippen LogP contribution in [0.4, 0.5) is 11.5 Å². The van der Waals surface area contributed by atoms with Crippen molar-refractivity contribution in [2.45, 2.75) is 32.6 Å². The lowest BCUT2D eigenvalue weighted by Crippen LogP contribution is -2.36. The molecule has 0 radical (unpaired) electrons. The smallest absolute Gasteiger partial charge is 0.330 e. The number of nitrogens with zero attached hydrogens (tertiary/aromatic N) is 1. The quantitative estimate of drug-likeness (QED) is 0.682. The van der Waals surface area contributed by atoms with Crippen LogP contribution in [0.15, 0.2) is 9.59 Å². The number of hydrogen-bond donors (Lipinski definition) is 3. The third-order valence-corrected chi connectivity index (χ3v) is 4.22. The Morgan fingerprint density at radius 1 is 1.35 bits per heavy atom. The molecule has 0 aliphatic rings. The van der Waals surface area contributed by atoms with Gasteiger partial charge in [0.05, 0.1) is 0 Å². The van der Waals surface area contributed by atoms with Crippen molar-refractivity contribution in [3.63, 3.8) is 0 Å². The number of H-pyrrole nitrogens is 1. The molecule has 2 unspecified atom stereocenters. The monoisotopic (exact) mass is 302 g/mol. The standard InChI is InChI=1S/C12H22N4O3S/c1-7(2)6-16-10(13)9(11(17)15-12(16)18)14-5-8(3)20(4)19/h7-8,14H,5-6,13H2,1-4H3,(H,15,17,18). The molecular formula is C12H22N4O3S. The SMILES string of the molecule is CC(C)Cn1c(N)c(NCC(C)S(C)=O)c(=O)[nH]c1=O. The van der Waals surface area contributed by atoms with Gasteiger partial charge in [-0.05, 0) is 12.8 Å². The van der Waals surface area contributed by atoms with Crippen LogP contribution in [0, 0.1) is 5.92 Å². The highest BCUT2D eigenvalue weighted by Gasteiger charge is 2.14. The van der Waals surface area contributed by atoms with Crippen molar-refractivity contribution in [3.05, 3.63) is 20.8 Å². The fraction of sp³-hybridized carbons (Fsp3) is 0.667. The summed E-state index contributed by atoms with van der Waals surface area (Å²) >= 11 is 0. The van der Waals surface area contributed by atoms with Crippen LogP contribution >= 0.6 is 0 Å². The Balaban J connectivity index is 3.10. The minimum absolute atomic E-state index is 0.113. The van der Waals surface area contributed by atoms with E-state index in [1.807, 2.05) is 13.8 Å². The summed E-state index contributed by atoms with van der Waals surface area (Å²) in [6, 6.07) is 0. The predicted molar refractivity (Wildman–Crippen MR) is 82.6 cm³/mol. The molecule has 7 nitrogen and oxygen atoms in total. The zero-order valence-corrected chi connectivity index (χ0v) is 13.0. The summed E-state index contributed by atoms with van der Waals surface area (Å²) < 4.78 is 12.6. The van der Waals surface area contributed by atoms with Gasteiger partial charge < -0.3 is 11.1 Å². The normalized spacial score (nSPS) is 14.2. The molecule has 1 rings (SSSR count). The second-order valence-corrected chi connectivity index (χ2v) is 7.02. The van der Waals surface area contributed by atoms with Crippen molar-refractivity contribution in [1.82, 2.24) is 9.55 Å². The van der Waals surface area contributed by atoms with Crippen molar-refractivity contribution >= 4 is 22.3 Å². The summed E-state index contributed by atoms with van der Waals surface area (Å²) in [5.41, 5.74) is 4.99. The summed E-state index contributed by atoms with van der Waals surface area (Å²) in [5, 5.41) is 2.76. The van der Waals surface area contributed by atoms with Crippen LogP contribution in [-0.4, -0.2) is 31.8 Å². The summed E-state index contributed by atoms with van der Waals surface area (Å²) in [5.74, 6) is 0.331. The Morgan fingerprint density at radius 3 is 2.45 bits per heavy atom. The van der Waals surface area contributed by atoms with Crippen LogP contribution in [0.25, 0.3) is 0 Å². The van der Waals surface area contributed by atoms with Gasteiger partial charge in [0.2, 0.25) is 0 Å². The third kappa shape index (κ3) is 3.96. The molecule has 0 aliphatic carbocycles. The van der Waals surface area contributed by atoms with E-state index in [0.717, 1.165) is 0 Å². The number of aromatic nitrogens is 2. The van der Waals surface area contributed by atoms with Gasteiger partial charge in [0.15, 0.2) is 0 Å². The number of nitrogen functional groups attached to an aromatic ring is 1. The molecule has 8 heteroatoms. The van der Waals surface area contributed by atoms with E-state index in [1.165, 1.54) is 4.57 Å². The third-order valence-electron chi connectivity index (χ3n) is 2.92. The molecular weight excluding hydrogens is 280 g/mol. The van der Waals surface area contributed by atoms with E-state index in [2.05, 4.69) is 10.3 Å². The summed E-state index contributed by atoms with van der Waals surface area (Å²) in [6.45, 7) is 6.47. The number of rotatable bonds is 6. The number of hydrogen-bond acceptors (Lipinski definition) is 5. The van der Waals surface area contributed by atoms with Crippen LogP contribution in [0.1, 0.15) is 20.8 Å². The van der Waals surface area contributed by atoms with Gasteiger partial charge in [-0.15, -0.1) is 0 Å². The lowest BCUT2D eigenvalue weighted by molar-refractivity contribution is 0.508. The van der Waals surface area contributed by atoms with Gasteiger partial charge in [-0.25, -0.2) is 4.79 Å². The average molecular weight is 302 g/mol. The first-order chi connectivity index (χ1) is 9.23. The predicted octanol–water partition coefficient (Wildman–Crippen LogP) is -0.0463. The summed E-state index contributed by atoms with van der Waals surface area (Å²) in [4.78, 5) is 25.8. The van der Waals surface area contributed by atoms with Crippen LogP contribution in [0.3, 0.4) is 0 Å². The van der Waals surface area contributed by atoms with Gasteiger partial charge in [-0.1, -0.05) is 13.8 Å². The molecule has 0 aliphatic heterocycles. The molecule has 0 amide bonds. The highest BCUT2D eigenvalue weighted by molar-refractivity contribution is 7.84. The zero-order valence-electron chi connectivity index (χ0n) is 12.2. The fourth-order valence-corrected chi connectivity index (χ4v) is 1.99. The van der Waals surface area contributed by atoms with Crippen molar-refractivity contribution in [2.24, 2.45) is 5.92 Å². The van der Waals surface area contributed by atoms with Crippen molar-refractivity contribution in [1.29, 1.82) is 0 Å². The Bertz CT molecular complexity index is 606. The number of nitrogens with one attached hydrogen (secondary N) is 2. The maximum atomic E-state index is 11.8. The van der Waals surface area contributed by atoms with Crippen LogP contribution in [0.2, 0.25) is 0 Å². The van der Waals surface area contributed by atoms with Gasteiger partial charge in [0.25, 0.3) is 5.56 Å². The zero-order chi connectivity index (χ0) is 15.4. The van der Waals surface area contributed by atoms with Crippen molar-refractivity contribution in [3.8, 4) is 0 Å². The van der Waals surface area contributed by atoms with Gasteiger partial charge in [-0.3, -0.25) is 18.6 Å². The van der Waals surface area contributed by atoms with Crippen LogP contribution < -0.4 is 22.3 Å². The van der Waals surface area contributed by atoms with Crippen molar-refractivity contribution < 1.29 is 4.21 Å². The van der Waals surface area contributed by atoms with Gasteiger partial charge >= 0.3 is 5.69 Å². The molecule has 20 heavy (non-hydrogen) atoms. The molecule has 4 N–H and O–H groups in total. The highest BCUT2D eigenvalue weighted by atomic mass is 32.2. The van der Waals surface area contributed by atoms with Gasteiger partial charge in [0, 0.05) is 35.4 Å². The molecule has 0 fully saturated rings. The second kappa shape index (κ2) is 6.74. The van der Waals surface area contributed by atoms with E-state index in [1.54, 1.807) is 13.2 Å². The topological polar surface area (TPSA) is 110 Å². The van der Waals surface area contributed by atoms with Gasteiger partial charge in [-0.2, -0.15) is 0 Å². The first-order valence-electron chi connectivity index (χ1n) is 6.42. The minimum Gasteiger partial charge on any atom is -0.383 e. The molecule has 114 valence electrons. The molecule has 0 spiro atoms. The first kappa shape index (κ1) is 16.5. The lowest BCUT2D eigenvalue weighted by atomic mass is 10.2. The average Bonchev–Trinajstić information content (AvgIpc) is 2.33. The Morgan fingerprint density at radius 2 is 1.95 bits per heavy atom. The highest BCUT2D eigenvalue weighted by Crippen LogP contribution is 2.12. The van der Waals surface area contributed by atoms with E-state index in [4.69, 9.17) is 5.73 Å². The van der Waals surface area contributed by atoms with Crippen LogP contribution in [0.5, 0.6) is 0 Å². The number of anilines is 2. The van der Waals surface area contributed by atoms with E-state index >= 15 is 0 Å².